The van der Waals surface area contributed by atoms with Crippen molar-refractivity contribution in [2.24, 2.45) is 0 Å². The summed E-state index contributed by atoms with van der Waals surface area (Å²) < 4.78 is 2.41. The molecular formula is C59H66N6O4. The van der Waals surface area contributed by atoms with Crippen molar-refractivity contribution in [3.05, 3.63) is 142 Å². The lowest BCUT2D eigenvalue weighted by molar-refractivity contribution is 0.547. The van der Waals surface area contributed by atoms with Crippen LogP contribution in [-0.2, 0) is 25.8 Å². The van der Waals surface area contributed by atoms with Crippen molar-refractivity contribution in [1.82, 2.24) is 29.1 Å². The highest BCUT2D eigenvalue weighted by molar-refractivity contribution is 5.98. The molecule has 0 saturated carbocycles. The minimum Gasteiger partial charge on any atom is -0.355 e. The second kappa shape index (κ2) is 21.3. The Balaban J connectivity index is 1.18. The third kappa shape index (κ3) is 9.55. The molecule has 10 nitrogen and oxygen atoms in total. The lowest BCUT2D eigenvalue weighted by Crippen LogP contribution is -2.25. The number of aromatic nitrogens is 6. The van der Waals surface area contributed by atoms with E-state index in [-0.39, 0.29) is 21.5 Å². The van der Waals surface area contributed by atoms with Gasteiger partial charge in [-0.05, 0) is 123 Å². The first-order valence-corrected chi connectivity index (χ1v) is 25.9. The van der Waals surface area contributed by atoms with Crippen molar-refractivity contribution in [3.8, 4) is 16.8 Å². The van der Waals surface area contributed by atoms with Crippen LogP contribution in [0.25, 0.3) is 84.7 Å². The van der Waals surface area contributed by atoms with Gasteiger partial charge in [0.25, 0.3) is 22.2 Å². The molecule has 7 heterocycles. The average Bonchev–Trinajstić information content (AvgIpc) is 4.25. The van der Waals surface area contributed by atoms with Gasteiger partial charge in [-0.1, -0.05) is 110 Å². The molecule has 9 rings (SSSR count). The molecule has 2 aliphatic rings. The standard InChI is InChI=1S/C59H66N6O4/c1-5-9-13-14-15-19-35-64-56(66)43-36-45-46(37-44(43)57(64)67)59(69)65(58(45)68)39-25-23-38(24-26-39)55-53-33-31-51(62-53)41(21-17-11-7-3)49-29-27-47(60-49)40(20-16-10-6-2)48-28-30-50(61-48)42(22-18-12-8-4)52-32-34-54(55)63-52/h23-34,36-37,60,63H,5-22,35H2,1-4H3. The lowest BCUT2D eigenvalue weighted by atomic mass is 10.0. The number of benzene rings is 2. The monoisotopic (exact) mass is 923 g/mol. The zero-order valence-corrected chi connectivity index (χ0v) is 40.9. The summed E-state index contributed by atoms with van der Waals surface area (Å²) in [6.45, 7) is 9.20. The number of aromatic amines is 2. The first-order valence-electron chi connectivity index (χ1n) is 25.9. The predicted octanol–water partition coefficient (Wildman–Crippen LogP) is 13.1. The third-order valence-corrected chi connectivity index (χ3v) is 14.3. The van der Waals surface area contributed by atoms with Crippen molar-refractivity contribution in [1.29, 1.82) is 0 Å². The Morgan fingerprint density at radius 1 is 0.420 bits per heavy atom. The second-order valence-corrected chi connectivity index (χ2v) is 19.2. The number of H-pyrrole nitrogens is 2. The van der Waals surface area contributed by atoms with Gasteiger partial charge in [-0.3, -0.25) is 23.7 Å². The Labute approximate surface area is 403 Å². The Kier molecular flexibility index (Phi) is 14.6. The number of hydrogen-bond donors (Lipinski definition) is 2. The number of unbranched alkanes of at least 4 members (excludes halogenated alkanes) is 11. The maximum Gasteiger partial charge on any atom is 0.266 e. The van der Waals surface area contributed by atoms with Gasteiger partial charge in [0.15, 0.2) is 0 Å². The Bertz CT molecular complexity index is 3370. The molecule has 8 bridgehead atoms. The number of nitrogens with one attached hydrogen (secondary N) is 2. The minimum absolute atomic E-state index is 0.132. The Morgan fingerprint density at radius 2 is 0.812 bits per heavy atom. The van der Waals surface area contributed by atoms with Crippen molar-refractivity contribution < 1.29 is 0 Å². The number of rotatable bonds is 21. The van der Waals surface area contributed by atoms with Gasteiger partial charge in [0, 0.05) is 50.9 Å². The van der Waals surface area contributed by atoms with E-state index in [4.69, 9.17) is 9.97 Å². The van der Waals surface area contributed by atoms with Crippen LogP contribution in [0.4, 0.5) is 0 Å². The van der Waals surface area contributed by atoms with E-state index in [1.54, 1.807) is 12.1 Å². The molecule has 2 aliphatic heterocycles. The molecule has 0 radical (unpaired) electrons. The van der Waals surface area contributed by atoms with Crippen LogP contribution in [0.3, 0.4) is 0 Å². The summed E-state index contributed by atoms with van der Waals surface area (Å²) in [6.07, 6.45) is 27.4. The van der Waals surface area contributed by atoms with E-state index >= 15 is 0 Å². The molecule has 7 aromatic rings. The quantitative estimate of drug-likeness (QED) is 0.0689. The molecule has 0 amide bonds. The molecular weight excluding hydrogens is 857 g/mol. The van der Waals surface area contributed by atoms with Crippen LogP contribution in [0.5, 0.6) is 0 Å². The molecule has 0 atom stereocenters. The molecule has 0 saturated heterocycles. The second-order valence-electron chi connectivity index (χ2n) is 19.2. The highest BCUT2D eigenvalue weighted by Gasteiger charge is 2.22. The van der Waals surface area contributed by atoms with E-state index in [0.717, 1.165) is 170 Å². The van der Waals surface area contributed by atoms with Crippen LogP contribution in [0.15, 0.2) is 79.8 Å². The van der Waals surface area contributed by atoms with Crippen molar-refractivity contribution >= 4 is 67.9 Å². The molecule has 0 spiro atoms. The summed E-state index contributed by atoms with van der Waals surface area (Å²) >= 11 is 0. The van der Waals surface area contributed by atoms with Gasteiger partial charge in [0.05, 0.1) is 50.0 Å². The summed E-state index contributed by atoms with van der Waals surface area (Å²) in [5.74, 6) is 0. The molecule has 0 aliphatic carbocycles. The van der Waals surface area contributed by atoms with Crippen LogP contribution in [0.1, 0.15) is 163 Å². The van der Waals surface area contributed by atoms with Crippen LogP contribution in [0.2, 0.25) is 0 Å². The maximum absolute atomic E-state index is 14.1. The van der Waals surface area contributed by atoms with E-state index in [0.29, 0.717) is 12.2 Å². The molecule has 0 unspecified atom stereocenters. The van der Waals surface area contributed by atoms with E-state index in [1.807, 2.05) is 12.1 Å². The smallest absolute Gasteiger partial charge is 0.266 e. The normalized spacial score (nSPS) is 12.4. The number of fused-ring (bicyclic) bond motifs is 10. The maximum atomic E-state index is 14.1. The van der Waals surface area contributed by atoms with Crippen molar-refractivity contribution in [3.63, 3.8) is 0 Å². The van der Waals surface area contributed by atoms with Gasteiger partial charge in [-0.2, -0.15) is 0 Å². The fourth-order valence-corrected chi connectivity index (χ4v) is 10.4. The first-order chi connectivity index (χ1) is 33.7. The van der Waals surface area contributed by atoms with Gasteiger partial charge in [0.1, 0.15) is 0 Å². The van der Waals surface area contributed by atoms with E-state index in [9.17, 15) is 19.2 Å². The molecule has 10 heteroatoms. The lowest BCUT2D eigenvalue weighted by Gasteiger charge is -2.07. The third-order valence-electron chi connectivity index (χ3n) is 14.3. The Morgan fingerprint density at radius 3 is 1.30 bits per heavy atom. The summed E-state index contributed by atoms with van der Waals surface area (Å²) in [5.41, 5.74) is 11.7. The van der Waals surface area contributed by atoms with Crippen LogP contribution >= 0.6 is 0 Å². The van der Waals surface area contributed by atoms with Crippen LogP contribution in [0, 0.1) is 0 Å². The first kappa shape index (κ1) is 47.4. The summed E-state index contributed by atoms with van der Waals surface area (Å²) in [4.78, 5) is 73.7. The average molecular weight is 923 g/mol. The van der Waals surface area contributed by atoms with Gasteiger partial charge >= 0.3 is 0 Å². The minimum atomic E-state index is -0.520. The summed E-state index contributed by atoms with van der Waals surface area (Å²) in [5, 5.41) is 0.625. The fourth-order valence-electron chi connectivity index (χ4n) is 10.4. The molecule has 356 valence electrons. The van der Waals surface area contributed by atoms with Gasteiger partial charge in [-0.25, -0.2) is 14.5 Å². The highest BCUT2D eigenvalue weighted by atomic mass is 16.2. The van der Waals surface area contributed by atoms with Gasteiger partial charge in [0.2, 0.25) is 0 Å². The number of hydrogen-bond acceptors (Lipinski definition) is 6. The van der Waals surface area contributed by atoms with Crippen molar-refractivity contribution in [2.45, 2.75) is 150 Å². The molecule has 2 aromatic carbocycles. The molecule has 69 heavy (non-hydrogen) atoms. The molecule has 2 N–H and O–H groups in total. The fraction of sp³-hybridized carbons (Fsp3) is 0.390. The van der Waals surface area contributed by atoms with Gasteiger partial charge in [-0.15, -0.1) is 0 Å². The SMILES string of the molecule is CCCCCCCCn1c(=O)c2cc3c(=O)n(-c4ccc(-c5c6nc(c(CCCCC)c7ccc([nH]7)c(CCCCC)c7nc(c(CCCCC)c8ccc5[nH]8)C=C7)C=C6)cc4)c(=O)c3cc2c1=O. The van der Waals surface area contributed by atoms with Crippen LogP contribution < -0.4 is 22.2 Å². The number of nitrogens with zero attached hydrogens (tertiary/aromatic N) is 4. The predicted molar refractivity (Wildman–Crippen MR) is 287 cm³/mol. The van der Waals surface area contributed by atoms with Gasteiger partial charge < -0.3 is 9.97 Å². The zero-order chi connectivity index (χ0) is 48.0. The molecule has 5 aromatic heterocycles. The summed E-state index contributed by atoms with van der Waals surface area (Å²) in [7, 11) is 0. The molecule has 0 fully saturated rings. The summed E-state index contributed by atoms with van der Waals surface area (Å²) in [6, 6.07) is 19.1. The van der Waals surface area contributed by atoms with Crippen molar-refractivity contribution in [2.75, 3.05) is 0 Å². The van der Waals surface area contributed by atoms with E-state index in [2.05, 4.69) is 86.2 Å². The number of aryl methyl sites for hydroxylation is 3. The topological polar surface area (TPSA) is 136 Å². The largest absolute Gasteiger partial charge is 0.355 e. The Hall–Kier alpha value is -6.68. The van der Waals surface area contributed by atoms with E-state index in [1.165, 1.54) is 39.8 Å². The van der Waals surface area contributed by atoms with E-state index < -0.39 is 22.2 Å². The highest BCUT2D eigenvalue weighted by Crippen LogP contribution is 2.34. The van der Waals surface area contributed by atoms with Crippen LogP contribution in [-0.4, -0.2) is 29.1 Å². The zero-order valence-electron chi connectivity index (χ0n) is 40.9.